The largest absolute Gasteiger partial charge is 0.463 e. The summed E-state index contributed by atoms with van der Waals surface area (Å²) in [5.74, 6) is 0.0847. The minimum absolute atomic E-state index is 0. The fraction of sp³-hybridized carbons (Fsp3) is 0.368. The molecule has 0 spiro atoms. The quantitative estimate of drug-likeness (QED) is 0.558. The molecule has 0 radical (unpaired) electrons. The van der Waals surface area contributed by atoms with E-state index in [1.165, 1.54) is 29.8 Å². The molecule has 4 N–H and O–H groups in total. The number of hydrogen-bond donors (Lipinski definition) is 3. The zero-order valence-corrected chi connectivity index (χ0v) is 16.6. The number of nitrogens with two attached hydrogens (primary N) is 1. The second-order valence-corrected chi connectivity index (χ2v) is 6.91. The molecule has 3 aromatic rings. The van der Waals surface area contributed by atoms with Crippen molar-refractivity contribution < 1.29 is 14.0 Å². The van der Waals surface area contributed by atoms with E-state index in [1.54, 1.807) is 18.2 Å². The second kappa shape index (κ2) is 9.06. The van der Waals surface area contributed by atoms with E-state index in [0.717, 1.165) is 19.5 Å². The Morgan fingerprint density at radius 3 is 2.97 bits per heavy atom. The van der Waals surface area contributed by atoms with Crippen LogP contribution < -0.4 is 16.4 Å². The van der Waals surface area contributed by atoms with Crippen LogP contribution in [0.2, 0.25) is 0 Å². The molecule has 1 unspecified atom stereocenters. The number of carbonyl (C=O) groups excluding carboxylic acids is 2. The number of halogens is 1. The number of carbonyl (C=O) groups is 2. The maximum absolute atomic E-state index is 12.9. The number of rotatable bonds is 6. The van der Waals surface area contributed by atoms with Gasteiger partial charge in [-0.2, -0.15) is 0 Å². The van der Waals surface area contributed by atoms with Gasteiger partial charge in [0.05, 0.1) is 6.26 Å². The van der Waals surface area contributed by atoms with E-state index in [4.69, 9.17) is 10.2 Å². The number of fused-ring (bicyclic) bond motifs is 1. The summed E-state index contributed by atoms with van der Waals surface area (Å²) < 4.78 is 6.87. The zero-order chi connectivity index (χ0) is 19.5. The fourth-order valence-electron chi connectivity index (χ4n) is 3.52. The molecular weight excluding hydrogens is 396 g/mol. The average Bonchev–Trinajstić information content (AvgIpc) is 3.37. The summed E-state index contributed by atoms with van der Waals surface area (Å²) in [6, 6.07) is 5.08. The highest BCUT2D eigenvalue weighted by Gasteiger charge is 2.20. The molecule has 4 heterocycles. The number of hydrogen-bond acceptors (Lipinski definition) is 6. The van der Waals surface area contributed by atoms with Gasteiger partial charge in [-0.3, -0.25) is 14.0 Å². The Labute approximate surface area is 173 Å². The van der Waals surface area contributed by atoms with Crippen LogP contribution in [-0.2, 0) is 0 Å². The average molecular weight is 419 g/mol. The molecule has 0 aliphatic carbocycles. The molecule has 9 nitrogen and oxygen atoms in total. The van der Waals surface area contributed by atoms with Gasteiger partial charge in [0, 0.05) is 6.54 Å². The van der Waals surface area contributed by atoms with Gasteiger partial charge in [0.1, 0.15) is 17.7 Å². The van der Waals surface area contributed by atoms with Gasteiger partial charge in [-0.05, 0) is 56.5 Å². The lowest BCUT2D eigenvalue weighted by molar-refractivity contribution is 0.0942. The SMILES string of the molecule is Cl.NC(=O)c1ncn2c(C(=O)NCCC3CCCNC3)cc(-c3ccco3)nc12. The highest BCUT2D eigenvalue weighted by atomic mass is 35.5. The van der Waals surface area contributed by atoms with Crippen molar-refractivity contribution in [1.29, 1.82) is 0 Å². The van der Waals surface area contributed by atoms with Crippen LogP contribution in [0.4, 0.5) is 0 Å². The smallest absolute Gasteiger partial charge is 0.271 e. The number of piperidine rings is 1. The van der Waals surface area contributed by atoms with Gasteiger partial charge < -0.3 is 20.8 Å². The van der Waals surface area contributed by atoms with Gasteiger partial charge in [0.2, 0.25) is 0 Å². The lowest BCUT2D eigenvalue weighted by Gasteiger charge is -2.22. The summed E-state index contributed by atoms with van der Waals surface area (Å²) in [5.41, 5.74) is 6.38. The third-order valence-corrected chi connectivity index (χ3v) is 4.98. The van der Waals surface area contributed by atoms with E-state index in [1.807, 2.05) is 0 Å². The van der Waals surface area contributed by atoms with Crippen molar-refractivity contribution in [2.75, 3.05) is 19.6 Å². The Morgan fingerprint density at radius 2 is 2.28 bits per heavy atom. The van der Waals surface area contributed by atoms with Crippen molar-refractivity contribution in [2.45, 2.75) is 19.3 Å². The molecule has 1 saturated heterocycles. The molecule has 154 valence electrons. The first kappa shape index (κ1) is 20.8. The standard InChI is InChI=1S/C19H22N6O3.ClH/c20-17(26)16-18-24-13(15-4-2-8-28-15)9-14(25(18)11-23-16)19(27)22-7-5-12-3-1-6-21-10-12;/h2,4,8-9,11-12,21H,1,3,5-7,10H2,(H2,20,26)(H,22,27);1H. The van der Waals surface area contributed by atoms with Crippen LogP contribution in [0.3, 0.4) is 0 Å². The highest BCUT2D eigenvalue weighted by Crippen LogP contribution is 2.22. The van der Waals surface area contributed by atoms with Crippen LogP contribution in [0.25, 0.3) is 17.1 Å². The number of amides is 2. The molecule has 2 amide bonds. The maximum Gasteiger partial charge on any atom is 0.271 e. The molecule has 0 saturated carbocycles. The molecule has 0 aromatic carbocycles. The monoisotopic (exact) mass is 418 g/mol. The number of nitrogens with one attached hydrogen (secondary N) is 2. The summed E-state index contributed by atoms with van der Waals surface area (Å²) >= 11 is 0. The number of aromatic nitrogens is 3. The molecule has 1 aliphatic rings. The molecule has 0 bridgehead atoms. The van der Waals surface area contributed by atoms with Gasteiger partial charge in [-0.15, -0.1) is 12.4 Å². The van der Waals surface area contributed by atoms with Crippen LogP contribution in [0.1, 0.15) is 40.2 Å². The minimum Gasteiger partial charge on any atom is -0.463 e. The van der Waals surface area contributed by atoms with Gasteiger partial charge in [-0.1, -0.05) is 0 Å². The van der Waals surface area contributed by atoms with Crippen LogP contribution >= 0.6 is 12.4 Å². The van der Waals surface area contributed by atoms with Crippen molar-refractivity contribution >= 4 is 29.9 Å². The summed E-state index contributed by atoms with van der Waals surface area (Å²) in [4.78, 5) is 33.0. The summed E-state index contributed by atoms with van der Waals surface area (Å²) in [5, 5.41) is 6.34. The van der Waals surface area contributed by atoms with Crippen LogP contribution in [-0.4, -0.2) is 45.8 Å². The predicted molar refractivity (Wildman–Crippen MR) is 109 cm³/mol. The Bertz CT molecular complexity index is 995. The van der Waals surface area contributed by atoms with Gasteiger partial charge in [-0.25, -0.2) is 9.97 Å². The fourth-order valence-corrected chi connectivity index (χ4v) is 3.52. The molecular formula is C19H23ClN6O3. The summed E-state index contributed by atoms with van der Waals surface area (Å²) in [6.07, 6.45) is 6.16. The van der Waals surface area contributed by atoms with E-state index in [2.05, 4.69) is 20.6 Å². The molecule has 10 heteroatoms. The van der Waals surface area contributed by atoms with Crippen molar-refractivity contribution in [3.05, 3.63) is 42.2 Å². The van der Waals surface area contributed by atoms with E-state index in [-0.39, 0.29) is 29.7 Å². The molecule has 4 rings (SSSR count). The Morgan fingerprint density at radius 1 is 1.41 bits per heavy atom. The first-order valence-electron chi connectivity index (χ1n) is 9.34. The van der Waals surface area contributed by atoms with Crippen molar-refractivity contribution in [3.8, 4) is 11.5 Å². The molecule has 1 fully saturated rings. The Hall–Kier alpha value is -2.91. The van der Waals surface area contributed by atoms with Gasteiger partial charge >= 0.3 is 0 Å². The number of primary amides is 1. The molecule has 1 atom stereocenters. The first-order valence-corrected chi connectivity index (χ1v) is 9.34. The van der Waals surface area contributed by atoms with E-state index in [9.17, 15) is 9.59 Å². The second-order valence-electron chi connectivity index (χ2n) is 6.91. The van der Waals surface area contributed by atoms with E-state index in [0.29, 0.717) is 29.6 Å². The number of furan rings is 1. The number of nitrogens with zero attached hydrogens (tertiary/aromatic N) is 3. The topological polar surface area (TPSA) is 128 Å². The van der Waals surface area contributed by atoms with Crippen molar-refractivity contribution in [2.24, 2.45) is 11.7 Å². The predicted octanol–water partition coefficient (Wildman–Crippen LogP) is 1.63. The molecule has 29 heavy (non-hydrogen) atoms. The molecule has 1 aliphatic heterocycles. The Balaban J connectivity index is 0.00000240. The first-order chi connectivity index (χ1) is 13.6. The van der Waals surface area contributed by atoms with E-state index < -0.39 is 5.91 Å². The Kier molecular flexibility index (Phi) is 6.50. The zero-order valence-electron chi connectivity index (χ0n) is 15.8. The normalized spacial score (nSPS) is 16.3. The van der Waals surface area contributed by atoms with Crippen LogP contribution in [0, 0.1) is 5.92 Å². The van der Waals surface area contributed by atoms with Gasteiger partial charge in [0.15, 0.2) is 17.1 Å². The maximum atomic E-state index is 12.9. The van der Waals surface area contributed by atoms with E-state index >= 15 is 0 Å². The van der Waals surface area contributed by atoms with Crippen molar-refractivity contribution in [1.82, 2.24) is 25.0 Å². The summed E-state index contributed by atoms with van der Waals surface area (Å²) in [6.45, 7) is 2.63. The van der Waals surface area contributed by atoms with Gasteiger partial charge in [0.25, 0.3) is 11.8 Å². The lowest BCUT2D eigenvalue weighted by Crippen LogP contribution is -2.33. The lowest BCUT2D eigenvalue weighted by atomic mass is 9.96. The molecule has 3 aromatic heterocycles. The van der Waals surface area contributed by atoms with Crippen molar-refractivity contribution in [3.63, 3.8) is 0 Å². The summed E-state index contributed by atoms with van der Waals surface area (Å²) in [7, 11) is 0. The third-order valence-electron chi connectivity index (χ3n) is 4.98. The van der Waals surface area contributed by atoms with Crippen LogP contribution in [0.5, 0.6) is 0 Å². The number of imidazole rings is 1. The minimum atomic E-state index is -0.706. The van der Waals surface area contributed by atoms with Crippen LogP contribution in [0.15, 0.2) is 35.2 Å². The highest BCUT2D eigenvalue weighted by molar-refractivity contribution is 5.99. The third kappa shape index (κ3) is 4.41.